The van der Waals surface area contributed by atoms with E-state index in [1.807, 2.05) is 0 Å². The van der Waals surface area contributed by atoms with Crippen LogP contribution in [0.1, 0.15) is 5.56 Å². The molecule has 0 aliphatic heterocycles. The Morgan fingerprint density at radius 1 is 1.07 bits per heavy atom. The maximum atomic E-state index is 12.7. The predicted molar refractivity (Wildman–Crippen MR) is 108 cm³/mol. The van der Waals surface area contributed by atoms with Crippen LogP contribution in [0.4, 0.5) is 5.69 Å². The van der Waals surface area contributed by atoms with E-state index in [2.05, 4.69) is 10.1 Å². The van der Waals surface area contributed by atoms with E-state index in [0.717, 1.165) is 0 Å². The van der Waals surface area contributed by atoms with E-state index in [1.165, 1.54) is 13.2 Å². The molecule has 1 N–H and O–H groups in total. The molecule has 27 heavy (non-hydrogen) atoms. The molecule has 0 atom stereocenters. The number of rotatable bonds is 3. The fraction of sp³-hybridized carbons (Fsp3) is 0.0556. The lowest BCUT2D eigenvalue weighted by Gasteiger charge is -2.13. The number of hydrogen-bond acceptors (Lipinski definition) is 5. The molecule has 1 aromatic rings. The Balaban J connectivity index is 2.23. The van der Waals surface area contributed by atoms with Crippen LogP contribution in [0.2, 0.25) is 0 Å². The molecule has 0 spiro atoms. The number of carbonyl (C=O) groups is 2. The van der Waals surface area contributed by atoms with Crippen LogP contribution in [0.15, 0.2) is 63.7 Å². The topological polar surface area (TPSA) is 67.8 Å². The van der Waals surface area contributed by atoms with Crippen molar-refractivity contribution in [2.24, 2.45) is 4.90 Å². The van der Waals surface area contributed by atoms with Gasteiger partial charge in [0.05, 0.1) is 18.3 Å². The Morgan fingerprint density at radius 3 is 2.33 bits per heavy atom. The van der Waals surface area contributed by atoms with Gasteiger partial charge in [0.25, 0.3) is 7.98 Å². The van der Waals surface area contributed by atoms with Crippen molar-refractivity contribution in [1.29, 1.82) is 0 Å². The lowest BCUT2D eigenvalue weighted by molar-refractivity contribution is -0.130. The van der Waals surface area contributed by atoms with Gasteiger partial charge in [-0.1, -0.05) is 29.2 Å². The first kappa shape index (κ1) is 18.8. The summed E-state index contributed by atoms with van der Waals surface area (Å²) < 4.78 is 5.41. The highest BCUT2D eigenvalue weighted by Gasteiger charge is 2.40. The molecule has 122 valence electrons. The second-order valence-corrected chi connectivity index (χ2v) is 5.79. The molecule has 0 heterocycles. The molecule has 0 bridgehead atoms. The molecule has 8 radical (unpaired) electrons. The van der Waals surface area contributed by atoms with Crippen LogP contribution in [0.25, 0.3) is 5.57 Å². The fourth-order valence-corrected chi connectivity index (χ4v) is 2.98. The van der Waals surface area contributed by atoms with E-state index >= 15 is 0 Å². The molecular weight excluding hydrogens is 335 g/mol. The maximum absolute atomic E-state index is 12.7. The number of hydrogen-bond donors (Lipinski definition) is 1. The zero-order valence-corrected chi connectivity index (χ0v) is 14.4. The SMILES string of the molecule is [B]/N=C1C=C/C(=C2/C(=O)C(=O)C(c3ccc(N[B])cc3[B])=C2OC)C=C\1[B]. The second-order valence-electron chi connectivity index (χ2n) is 5.79. The molecule has 9 heteroatoms. The van der Waals surface area contributed by atoms with Crippen LogP contribution in [0.3, 0.4) is 0 Å². The van der Waals surface area contributed by atoms with Gasteiger partial charge in [0.15, 0.2) is 0 Å². The summed E-state index contributed by atoms with van der Waals surface area (Å²) in [5.74, 6) is -1.30. The van der Waals surface area contributed by atoms with Crippen LogP contribution in [-0.2, 0) is 14.3 Å². The van der Waals surface area contributed by atoms with Crippen molar-refractivity contribution in [2.45, 2.75) is 0 Å². The molecule has 2 aliphatic rings. The summed E-state index contributed by atoms with van der Waals surface area (Å²) in [6.45, 7) is 0. The summed E-state index contributed by atoms with van der Waals surface area (Å²) in [6.07, 6.45) is 4.66. The molecule has 0 unspecified atom stereocenters. The van der Waals surface area contributed by atoms with Gasteiger partial charge in [-0.15, -0.1) is 0 Å². The third kappa shape index (κ3) is 3.14. The molecule has 0 aromatic heterocycles. The summed E-state index contributed by atoms with van der Waals surface area (Å²) >= 11 is 0. The Hall–Kier alpha value is -2.95. The average molecular weight is 346 g/mol. The molecule has 0 fully saturated rings. The van der Waals surface area contributed by atoms with Gasteiger partial charge in [0.2, 0.25) is 19.5 Å². The molecule has 5 nitrogen and oxygen atoms in total. The summed E-state index contributed by atoms with van der Waals surface area (Å²) in [4.78, 5) is 28.9. The van der Waals surface area contributed by atoms with Gasteiger partial charge in [-0.25, -0.2) is 0 Å². The van der Waals surface area contributed by atoms with Gasteiger partial charge >= 0.3 is 0 Å². The summed E-state index contributed by atoms with van der Waals surface area (Å²) in [7, 11) is 23.9. The summed E-state index contributed by atoms with van der Waals surface area (Å²) in [5.41, 5.74) is 2.46. The minimum atomic E-state index is -0.715. The number of nitrogens with zero attached hydrogens (tertiary/aromatic N) is 1. The Morgan fingerprint density at radius 2 is 1.78 bits per heavy atom. The van der Waals surface area contributed by atoms with Crippen molar-refractivity contribution in [3.8, 4) is 0 Å². The van der Waals surface area contributed by atoms with Gasteiger partial charge in [-0.3, -0.25) is 9.59 Å². The number of benzene rings is 1. The molecule has 2 aliphatic carbocycles. The van der Waals surface area contributed by atoms with Crippen LogP contribution in [0, 0.1) is 0 Å². The van der Waals surface area contributed by atoms with Gasteiger partial charge in [0.1, 0.15) is 21.5 Å². The molecule has 0 amide bonds. The first-order chi connectivity index (χ1) is 12.9. The fourth-order valence-electron chi connectivity index (χ4n) is 2.98. The number of methoxy groups -OCH3 is 1. The Kier molecular flexibility index (Phi) is 5.13. The van der Waals surface area contributed by atoms with Gasteiger partial charge in [-0.2, -0.15) is 0 Å². The van der Waals surface area contributed by atoms with Crippen molar-refractivity contribution in [3.63, 3.8) is 0 Å². The average Bonchev–Trinajstić information content (AvgIpc) is 2.92. The molecule has 1 aromatic carbocycles. The Bertz CT molecular complexity index is 1020. The lowest BCUT2D eigenvalue weighted by Crippen LogP contribution is -2.16. The van der Waals surface area contributed by atoms with E-state index < -0.39 is 11.6 Å². The first-order valence-electron chi connectivity index (χ1n) is 7.84. The van der Waals surface area contributed by atoms with Crippen molar-refractivity contribution in [2.75, 3.05) is 12.3 Å². The minimum Gasteiger partial charge on any atom is -0.495 e. The van der Waals surface area contributed by atoms with Crippen molar-refractivity contribution >= 4 is 65.7 Å². The number of Topliss-reactive ketones (excluding diaryl/α,β-unsaturated/α-hetero) is 2. The van der Waals surface area contributed by atoms with E-state index in [-0.39, 0.29) is 27.8 Å². The number of carbonyl (C=O) groups excluding carboxylic acids is 2. The third-order valence-electron chi connectivity index (χ3n) is 4.26. The number of ether oxygens (including phenoxy) is 1. The van der Waals surface area contributed by atoms with E-state index in [4.69, 9.17) is 36.4 Å². The number of allylic oxidation sites excluding steroid dienone is 7. The number of ketones is 2. The molecule has 3 rings (SSSR count). The maximum Gasteiger partial charge on any atom is 0.260 e. The van der Waals surface area contributed by atoms with Crippen LogP contribution < -0.4 is 10.7 Å². The van der Waals surface area contributed by atoms with E-state index in [0.29, 0.717) is 22.5 Å². The monoisotopic (exact) mass is 346 g/mol. The zero-order chi connectivity index (χ0) is 19.7. The minimum absolute atomic E-state index is 0.0877. The third-order valence-corrected chi connectivity index (χ3v) is 4.26. The Labute approximate surface area is 162 Å². The van der Waals surface area contributed by atoms with Gasteiger partial charge < -0.3 is 14.9 Å². The van der Waals surface area contributed by atoms with Crippen molar-refractivity contribution < 1.29 is 14.3 Å². The van der Waals surface area contributed by atoms with Crippen LogP contribution in [0.5, 0.6) is 0 Å². The van der Waals surface area contributed by atoms with E-state index in [1.54, 1.807) is 30.4 Å². The first-order valence-corrected chi connectivity index (χ1v) is 7.84. The predicted octanol–water partition coefficient (Wildman–Crippen LogP) is -0.0716. The standard InChI is InChI=1S/C18H10B4N2O3/c1-27-18-14(8-2-5-13(24-22)12(20)6-8)16(25)17(26)15(18)10-4-3-9(23-21)7-11(10)19/h2-7,23H,1H3/b14-8+,24-13+. The largest absolute Gasteiger partial charge is 0.495 e. The smallest absolute Gasteiger partial charge is 0.260 e. The van der Waals surface area contributed by atoms with Gasteiger partial charge in [0, 0.05) is 11.4 Å². The van der Waals surface area contributed by atoms with Crippen molar-refractivity contribution in [1.82, 2.24) is 0 Å². The normalized spacial score (nSPS) is 21.1. The highest BCUT2D eigenvalue weighted by atomic mass is 16.5. The second kappa shape index (κ2) is 7.35. The molecular formula is C18H10B4N2O3. The number of anilines is 1. The van der Waals surface area contributed by atoms with E-state index in [9.17, 15) is 9.59 Å². The highest BCUT2D eigenvalue weighted by molar-refractivity contribution is 6.64. The molecule has 0 saturated carbocycles. The highest BCUT2D eigenvalue weighted by Crippen LogP contribution is 2.36. The van der Waals surface area contributed by atoms with Gasteiger partial charge in [-0.05, 0) is 29.3 Å². The van der Waals surface area contributed by atoms with Crippen LogP contribution >= 0.6 is 0 Å². The lowest BCUT2D eigenvalue weighted by atomic mass is 9.83. The quantitative estimate of drug-likeness (QED) is 0.473. The summed E-state index contributed by atoms with van der Waals surface area (Å²) in [6, 6.07) is 4.79. The van der Waals surface area contributed by atoms with Crippen molar-refractivity contribution in [3.05, 3.63) is 64.4 Å². The zero-order valence-electron chi connectivity index (χ0n) is 14.4. The number of nitrogens with one attached hydrogen (secondary N) is 1. The summed E-state index contributed by atoms with van der Waals surface area (Å²) in [5, 5.41) is 2.47. The molecule has 0 saturated heterocycles. The van der Waals surface area contributed by atoms with Crippen LogP contribution in [-0.4, -0.2) is 56.0 Å².